The Morgan fingerprint density at radius 3 is 2.95 bits per heavy atom. The van der Waals surface area contributed by atoms with Crippen molar-refractivity contribution in [3.63, 3.8) is 0 Å². The Morgan fingerprint density at radius 2 is 2.26 bits per heavy atom. The third kappa shape index (κ3) is 3.12. The zero-order chi connectivity index (χ0) is 13.7. The summed E-state index contributed by atoms with van der Waals surface area (Å²) in [6.45, 7) is -0.221. The number of nitrogens with zero attached hydrogens (tertiary/aromatic N) is 2. The van der Waals surface area contributed by atoms with Crippen LogP contribution in [0.1, 0.15) is 41.7 Å². The lowest BCUT2D eigenvalue weighted by Crippen LogP contribution is -2.36. The largest absolute Gasteiger partial charge is 0.384 e. The van der Waals surface area contributed by atoms with Gasteiger partial charge in [0.2, 0.25) is 0 Å². The molecule has 4 heteroatoms. The molecule has 0 aromatic carbocycles. The third-order valence-corrected chi connectivity index (χ3v) is 3.51. The van der Waals surface area contributed by atoms with Gasteiger partial charge in [-0.15, -0.1) is 0 Å². The fourth-order valence-electron chi connectivity index (χ4n) is 2.44. The first kappa shape index (κ1) is 13.6. The summed E-state index contributed by atoms with van der Waals surface area (Å²) in [5.74, 6) is 5.25. The van der Waals surface area contributed by atoms with E-state index in [1.807, 2.05) is 7.05 Å². The number of carbonyl (C=O) groups is 1. The number of aromatic nitrogens is 1. The second kappa shape index (κ2) is 6.35. The van der Waals surface area contributed by atoms with Crippen LogP contribution >= 0.6 is 0 Å². The maximum atomic E-state index is 12.4. The normalized spacial score (nSPS) is 14.8. The average molecular weight is 258 g/mol. The van der Waals surface area contributed by atoms with Crippen LogP contribution in [-0.2, 0) is 0 Å². The van der Waals surface area contributed by atoms with Crippen LogP contribution in [0.25, 0.3) is 0 Å². The Bertz CT molecular complexity index is 510. The topological polar surface area (TPSA) is 53.4 Å². The summed E-state index contributed by atoms with van der Waals surface area (Å²) in [6, 6.07) is 3.81. The average Bonchev–Trinajstić information content (AvgIpc) is 2.98. The molecule has 0 saturated heterocycles. The summed E-state index contributed by atoms with van der Waals surface area (Å²) in [7, 11) is 1.83. The fourth-order valence-corrected chi connectivity index (χ4v) is 2.44. The van der Waals surface area contributed by atoms with E-state index >= 15 is 0 Å². The van der Waals surface area contributed by atoms with E-state index in [9.17, 15) is 4.79 Å². The van der Waals surface area contributed by atoms with Crippen LogP contribution in [0, 0.1) is 11.8 Å². The minimum Gasteiger partial charge on any atom is -0.384 e. The molecule has 1 aliphatic carbocycles. The third-order valence-electron chi connectivity index (χ3n) is 3.51. The SMILES string of the molecule is CN(C(=O)c1ncccc1C#CCO)C1CCCC1. The predicted molar refractivity (Wildman–Crippen MR) is 72.6 cm³/mol. The van der Waals surface area contributed by atoms with Gasteiger partial charge in [0, 0.05) is 19.3 Å². The molecule has 0 radical (unpaired) electrons. The van der Waals surface area contributed by atoms with Crippen molar-refractivity contribution in [2.45, 2.75) is 31.7 Å². The summed E-state index contributed by atoms with van der Waals surface area (Å²) in [4.78, 5) is 18.4. The van der Waals surface area contributed by atoms with Gasteiger partial charge in [-0.1, -0.05) is 24.7 Å². The molecule has 1 N–H and O–H groups in total. The number of rotatable bonds is 2. The molecule has 0 unspecified atom stereocenters. The van der Waals surface area contributed by atoms with Gasteiger partial charge in [0.05, 0.1) is 5.56 Å². The lowest BCUT2D eigenvalue weighted by molar-refractivity contribution is 0.0729. The molecule has 0 spiro atoms. The molecule has 1 aliphatic rings. The van der Waals surface area contributed by atoms with Gasteiger partial charge < -0.3 is 10.0 Å². The Labute approximate surface area is 113 Å². The smallest absolute Gasteiger partial charge is 0.273 e. The van der Waals surface area contributed by atoms with Gasteiger partial charge in [-0.2, -0.15) is 0 Å². The molecule has 0 bridgehead atoms. The molecular weight excluding hydrogens is 240 g/mol. The minimum atomic E-state index is -0.221. The van der Waals surface area contributed by atoms with Crippen molar-refractivity contribution < 1.29 is 9.90 Å². The summed E-state index contributed by atoms with van der Waals surface area (Å²) in [6.07, 6.45) is 6.09. The van der Waals surface area contributed by atoms with E-state index in [1.165, 1.54) is 12.8 Å². The van der Waals surface area contributed by atoms with Crippen molar-refractivity contribution >= 4 is 5.91 Å². The van der Waals surface area contributed by atoms with Gasteiger partial charge in [0.15, 0.2) is 0 Å². The molecule has 1 aromatic heterocycles. The first-order valence-electron chi connectivity index (χ1n) is 6.56. The first-order valence-corrected chi connectivity index (χ1v) is 6.56. The number of carbonyl (C=O) groups excluding carboxylic acids is 1. The van der Waals surface area contributed by atoms with E-state index in [0.717, 1.165) is 12.8 Å². The van der Waals surface area contributed by atoms with E-state index in [1.54, 1.807) is 23.2 Å². The number of hydrogen-bond donors (Lipinski definition) is 1. The highest BCUT2D eigenvalue weighted by atomic mass is 16.2. The van der Waals surface area contributed by atoms with Gasteiger partial charge in [0.25, 0.3) is 5.91 Å². The molecular formula is C15H18N2O2. The van der Waals surface area contributed by atoms with Crippen LogP contribution < -0.4 is 0 Å². The van der Waals surface area contributed by atoms with E-state index in [-0.39, 0.29) is 12.5 Å². The van der Waals surface area contributed by atoms with Crippen molar-refractivity contribution in [2.75, 3.05) is 13.7 Å². The molecule has 1 amide bonds. The van der Waals surface area contributed by atoms with Crippen LogP contribution in [0.5, 0.6) is 0 Å². The van der Waals surface area contributed by atoms with Crippen LogP contribution in [0.15, 0.2) is 18.3 Å². The Balaban J connectivity index is 2.22. The molecule has 0 atom stereocenters. The van der Waals surface area contributed by atoms with Gasteiger partial charge >= 0.3 is 0 Å². The monoisotopic (exact) mass is 258 g/mol. The van der Waals surface area contributed by atoms with Crippen molar-refractivity contribution in [1.29, 1.82) is 0 Å². The van der Waals surface area contributed by atoms with E-state index < -0.39 is 0 Å². The van der Waals surface area contributed by atoms with Gasteiger partial charge in [-0.25, -0.2) is 4.98 Å². The molecule has 0 aliphatic heterocycles. The summed E-state index contributed by atoms with van der Waals surface area (Å²) >= 11 is 0. The molecule has 1 aromatic rings. The van der Waals surface area contributed by atoms with Crippen molar-refractivity contribution in [1.82, 2.24) is 9.88 Å². The molecule has 19 heavy (non-hydrogen) atoms. The molecule has 4 nitrogen and oxygen atoms in total. The van der Waals surface area contributed by atoms with Gasteiger partial charge in [-0.05, 0) is 25.0 Å². The number of pyridine rings is 1. The van der Waals surface area contributed by atoms with Crippen LogP contribution in [0.4, 0.5) is 0 Å². The maximum Gasteiger partial charge on any atom is 0.273 e. The zero-order valence-corrected chi connectivity index (χ0v) is 11.1. The number of hydrogen-bond acceptors (Lipinski definition) is 3. The number of aliphatic hydroxyl groups excluding tert-OH is 1. The lowest BCUT2D eigenvalue weighted by atomic mass is 10.1. The Morgan fingerprint density at radius 1 is 1.53 bits per heavy atom. The first-order chi connectivity index (χ1) is 9.24. The Hall–Kier alpha value is -1.86. The summed E-state index contributed by atoms with van der Waals surface area (Å²) < 4.78 is 0. The van der Waals surface area contributed by atoms with Crippen LogP contribution in [-0.4, -0.2) is 40.6 Å². The molecule has 1 saturated carbocycles. The minimum absolute atomic E-state index is 0.0882. The Kier molecular flexibility index (Phi) is 4.53. The second-order valence-corrected chi connectivity index (χ2v) is 4.71. The lowest BCUT2D eigenvalue weighted by Gasteiger charge is -2.24. The highest BCUT2D eigenvalue weighted by molar-refractivity contribution is 5.94. The number of amides is 1. The maximum absolute atomic E-state index is 12.4. The van der Waals surface area contributed by atoms with Gasteiger partial charge in [0.1, 0.15) is 12.3 Å². The van der Waals surface area contributed by atoms with Crippen LogP contribution in [0.3, 0.4) is 0 Å². The zero-order valence-electron chi connectivity index (χ0n) is 11.1. The molecule has 1 heterocycles. The van der Waals surface area contributed by atoms with E-state index in [0.29, 0.717) is 17.3 Å². The highest BCUT2D eigenvalue weighted by Gasteiger charge is 2.25. The van der Waals surface area contributed by atoms with E-state index in [4.69, 9.17) is 5.11 Å². The van der Waals surface area contributed by atoms with Crippen LogP contribution in [0.2, 0.25) is 0 Å². The molecule has 1 fully saturated rings. The summed E-state index contributed by atoms with van der Waals surface area (Å²) in [5.41, 5.74) is 0.948. The second-order valence-electron chi connectivity index (χ2n) is 4.71. The van der Waals surface area contributed by atoms with Gasteiger partial charge in [-0.3, -0.25) is 4.79 Å². The molecule has 2 rings (SSSR count). The van der Waals surface area contributed by atoms with Crippen molar-refractivity contribution in [2.24, 2.45) is 0 Å². The standard InChI is InChI=1S/C15H18N2O2/c1-17(13-8-2-3-9-13)15(19)14-12(7-5-11-18)6-4-10-16-14/h4,6,10,13,18H,2-3,8-9,11H2,1H3. The number of aliphatic hydroxyl groups is 1. The summed E-state index contributed by atoms with van der Waals surface area (Å²) in [5, 5.41) is 8.75. The van der Waals surface area contributed by atoms with Crippen molar-refractivity contribution in [3.8, 4) is 11.8 Å². The quantitative estimate of drug-likeness (QED) is 0.817. The molecule has 100 valence electrons. The fraction of sp³-hybridized carbons (Fsp3) is 0.467. The van der Waals surface area contributed by atoms with E-state index in [2.05, 4.69) is 16.8 Å². The predicted octanol–water partition coefficient (Wildman–Crippen LogP) is 1.44. The van der Waals surface area contributed by atoms with Crippen molar-refractivity contribution in [3.05, 3.63) is 29.6 Å². The highest BCUT2D eigenvalue weighted by Crippen LogP contribution is 2.23.